The lowest BCUT2D eigenvalue weighted by Gasteiger charge is -2.48. The van der Waals surface area contributed by atoms with Gasteiger partial charge in [-0.3, -0.25) is 14.5 Å². The van der Waals surface area contributed by atoms with Crippen molar-refractivity contribution in [1.29, 1.82) is 0 Å². The molecule has 0 saturated carbocycles. The molecule has 5 N–H and O–H groups in total. The minimum Gasteiger partial charge on any atom is -0.477 e. The molecule has 1 fully saturated rings. The van der Waals surface area contributed by atoms with Crippen molar-refractivity contribution in [2.24, 2.45) is 0 Å². The van der Waals surface area contributed by atoms with Gasteiger partial charge in [0.2, 0.25) is 6.41 Å². The van der Waals surface area contributed by atoms with E-state index < -0.39 is 23.3 Å². The molecule has 2 aliphatic rings. The Balaban J connectivity index is 2.21. The number of allylic oxidation sites excluding steroid dienone is 1. The standard InChI is InChI=1S/C17H25N3O7S/c21-7-4-20(5-8-22,6-9-23)3-1-2-12-10-28-16-13(18-11-24)15(25)19(16)14(12)17(26)27/h1-2,11,13,16,21-23H,3-10H2,(H-,18,24,26,27)/p+1/t13-,16+/m1/s1. The average Bonchev–Trinajstić information content (AvgIpc) is 2.66. The first-order valence-corrected chi connectivity index (χ1v) is 9.94. The molecule has 0 aromatic rings. The molecule has 1 saturated heterocycles. The summed E-state index contributed by atoms with van der Waals surface area (Å²) in [4.78, 5) is 35.8. The van der Waals surface area contributed by atoms with E-state index >= 15 is 0 Å². The fraction of sp³-hybridized carbons (Fsp3) is 0.588. The molecule has 0 spiro atoms. The highest BCUT2D eigenvalue weighted by Gasteiger charge is 2.53. The number of hydrogen-bond donors (Lipinski definition) is 5. The Morgan fingerprint density at radius 3 is 2.32 bits per heavy atom. The third-order valence-electron chi connectivity index (χ3n) is 4.98. The first-order valence-electron chi connectivity index (χ1n) is 8.89. The number of nitrogens with one attached hydrogen (secondary N) is 1. The van der Waals surface area contributed by atoms with Crippen LogP contribution in [0, 0.1) is 0 Å². The van der Waals surface area contributed by atoms with Crippen LogP contribution in [0.1, 0.15) is 0 Å². The summed E-state index contributed by atoms with van der Waals surface area (Å²) in [5, 5.41) is 39.5. The summed E-state index contributed by atoms with van der Waals surface area (Å²) in [6, 6.07) is -0.717. The number of amides is 2. The molecule has 0 aromatic carbocycles. The van der Waals surface area contributed by atoms with Gasteiger partial charge in [-0.2, -0.15) is 0 Å². The van der Waals surface area contributed by atoms with Gasteiger partial charge in [-0.05, 0) is 11.6 Å². The Kier molecular flexibility index (Phi) is 8.01. The molecule has 2 atom stereocenters. The van der Waals surface area contributed by atoms with Crippen LogP contribution in [-0.2, 0) is 14.4 Å². The van der Waals surface area contributed by atoms with E-state index in [1.54, 1.807) is 12.2 Å². The Hall–Kier alpha value is -1.92. The van der Waals surface area contributed by atoms with Gasteiger partial charge in [0, 0.05) is 5.75 Å². The average molecular weight is 416 g/mol. The maximum absolute atomic E-state index is 12.2. The molecule has 11 heteroatoms. The maximum Gasteiger partial charge on any atom is 0.352 e. The molecule has 0 bridgehead atoms. The van der Waals surface area contributed by atoms with Crippen LogP contribution in [0.5, 0.6) is 0 Å². The summed E-state index contributed by atoms with van der Waals surface area (Å²) in [7, 11) is 0. The van der Waals surface area contributed by atoms with Gasteiger partial charge < -0.3 is 30.2 Å². The fourth-order valence-electron chi connectivity index (χ4n) is 3.53. The number of nitrogens with zero attached hydrogens (tertiary/aromatic N) is 2. The monoisotopic (exact) mass is 416 g/mol. The van der Waals surface area contributed by atoms with Gasteiger partial charge in [0.25, 0.3) is 5.91 Å². The van der Waals surface area contributed by atoms with Crippen LogP contribution in [0.4, 0.5) is 0 Å². The number of aliphatic hydroxyl groups is 3. The SMILES string of the molecule is O=CN[C@@H]1C(=O)N2C(C(=O)O)=C(C=CC[N+](CCO)(CCO)CCO)CS[C@@H]12. The van der Waals surface area contributed by atoms with Crippen molar-refractivity contribution < 1.29 is 39.3 Å². The first-order chi connectivity index (χ1) is 13.4. The van der Waals surface area contributed by atoms with Crippen molar-refractivity contribution in [2.45, 2.75) is 11.4 Å². The van der Waals surface area contributed by atoms with E-state index in [1.165, 1.54) is 16.7 Å². The summed E-state index contributed by atoms with van der Waals surface area (Å²) >= 11 is 1.37. The topological polar surface area (TPSA) is 147 Å². The lowest BCUT2D eigenvalue weighted by molar-refractivity contribution is -0.923. The number of carboxylic acids is 1. The van der Waals surface area contributed by atoms with Crippen molar-refractivity contribution in [3.63, 3.8) is 0 Å². The minimum atomic E-state index is -1.22. The number of fused-ring (bicyclic) bond motifs is 1. The fourth-order valence-corrected chi connectivity index (χ4v) is 4.86. The molecule has 0 unspecified atom stereocenters. The van der Waals surface area contributed by atoms with Gasteiger partial charge in [-0.1, -0.05) is 6.08 Å². The zero-order chi connectivity index (χ0) is 20.7. The van der Waals surface area contributed by atoms with Gasteiger partial charge in [-0.15, -0.1) is 11.8 Å². The molecule has 2 amide bonds. The van der Waals surface area contributed by atoms with E-state index in [0.717, 1.165) is 0 Å². The molecule has 28 heavy (non-hydrogen) atoms. The highest BCUT2D eigenvalue weighted by molar-refractivity contribution is 8.00. The predicted octanol–water partition coefficient (Wildman–Crippen LogP) is -2.30. The number of carbonyl (C=O) groups excluding carboxylic acids is 2. The summed E-state index contributed by atoms with van der Waals surface area (Å²) in [6.07, 6.45) is 3.81. The summed E-state index contributed by atoms with van der Waals surface area (Å²) in [5.74, 6) is -1.31. The highest BCUT2D eigenvalue weighted by Crippen LogP contribution is 2.40. The van der Waals surface area contributed by atoms with Crippen LogP contribution >= 0.6 is 11.8 Å². The Labute approximate surface area is 166 Å². The normalized spacial score (nSPS) is 22.2. The van der Waals surface area contributed by atoms with Crippen LogP contribution < -0.4 is 5.32 Å². The molecule has 156 valence electrons. The second-order valence-electron chi connectivity index (χ2n) is 6.62. The second-order valence-corrected chi connectivity index (χ2v) is 7.72. The number of thioether (sulfide) groups is 1. The second kappa shape index (κ2) is 10.0. The summed E-state index contributed by atoms with van der Waals surface area (Å²) in [5.41, 5.74) is 0.375. The number of aliphatic hydroxyl groups excluding tert-OH is 3. The Bertz CT molecular complexity index is 650. The molecule has 0 aromatic heterocycles. The van der Waals surface area contributed by atoms with Crippen molar-refractivity contribution in [3.8, 4) is 0 Å². The van der Waals surface area contributed by atoms with E-state index in [9.17, 15) is 34.8 Å². The number of carboxylic acid groups (broad SMARTS) is 1. The van der Waals surface area contributed by atoms with Gasteiger partial charge in [-0.25, -0.2) is 4.79 Å². The molecule has 0 aliphatic carbocycles. The minimum absolute atomic E-state index is 0.0986. The lowest BCUT2D eigenvalue weighted by atomic mass is 10.0. The molecular weight excluding hydrogens is 390 g/mol. The third kappa shape index (κ3) is 4.55. The van der Waals surface area contributed by atoms with E-state index in [-0.39, 0.29) is 30.0 Å². The Morgan fingerprint density at radius 2 is 1.82 bits per heavy atom. The maximum atomic E-state index is 12.2. The zero-order valence-corrected chi connectivity index (χ0v) is 16.2. The number of β-lactam (4-membered cyclic amide) rings is 1. The zero-order valence-electron chi connectivity index (χ0n) is 15.4. The van der Waals surface area contributed by atoms with Crippen molar-refractivity contribution in [2.75, 3.05) is 51.8 Å². The van der Waals surface area contributed by atoms with Crippen molar-refractivity contribution >= 4 is 30.0 Å². The molecule has 2 heterocycles. The van der Waals surface area contributed by atoms with E-state index in [1.807, 2.05) is 0 Å². The van der Waals surface area contributed by atoms with Gasteiger partial charge in [0.05, 0.1) is 26.4 Å². The molecule has 2 aliphatic heterocycles. The number of aliphatic carboxylic acids is 1. The van der Waals surface area contributed by atoms with Crippen LogP contribution in [-0.4, -0.2) is 111 Å². The van der Waals surface area contributed by atoms with Gasteiger partial charge >= 0.3 is 5.97 Å². The van der Waals surface area contributed by atoms with Gasteiger partial charge in [0.1, 0.15) is 36.7 Å². The molecule has 0 radical (unpaired) electrons. The Morgan fingerprint density at radius 1 is 1.21 bits per heavy atom. The van der Waals surface area contributed by atoms with Crippen molar-refractivity contribution in [3.05, 3.63) is 23.4 Å². The summed E-state index contributed by atoms with van der Waals surface area (Å²) in [6.45, 7) is 1.09. The van der Waals surface area contributed by atoms with Crippen molar-refractivity contribution in [1.82, 2.24) is 10.2 Å². The van der Waals surface area contributed by atoms with Crippen LogP contribution in [0.2, 0.25) is 0 Å². The molecular formula is C17H26N3O7S+. The number of rotatable bonds is 12. The van der Waals surface area contributed by atoms with Gasteiger partial charge in [0.15, 0.2) is 0 Å². The van der Waals surface area contributed by atoms with E-state index in [4.69, 9.17) is 0 Å². The largest absolute Gasteiger partial charge is 0.477 e. The van der Waals surface area contributed by atoms with E-state index in [2.05, 4.69) is 5.32 Å². The van der Waals surface area contributed by atoms with Crippen LogP contribution in [0.3, 0.4) is 0 Å². The molecule has 2 rings (SSSR count). The molecule has 10 nitrogen and oxygen atoms in total. The predicted molar refractivity (Wildman–Crippen MR) is 101 cm³/mol. The number of quaternary nitrogens is 1. The smallest absolute Gasteiger partial charge is 0.352 e. The number of hydrogen-bond acceptors (Lipinski definition) is 7. The van der Waals surface area contributed by atoms with Crippen LogP contribution in [0.15, 0.2) is 23.4 Å². The first kappa shape index (κ1) is 22.4. The quantitative estimate of drug-likeness (QED) is 0.136. The summed E-state index contributed by atoms with van der Waals surface area (Å²) < 4.78 is 0.263. The third-order valence-corrected chi connectivity index (χ3v) is 6.28. The van der Waals surface area contributed by atoms with Crippen LogP contribution in [0.25, 0.3) is 0 Å². The number of carbonyl (C=O) groups is 3. The lowest BCUT2D eigenvalue weighted by Crippen LogP contribution is -2.69. The van der Waals surface area contributed by atoms with E-state index in [0.29, 0.717) is 43.9 Å². The highest BCUT2D eigenvalue weighted by atomic mass is 32.2.